The van der Waals surface area contributed by atoms with E-state index in [1.807, 2.05) is 13.8 Å². The molecule has 0 aliphatic heterocycles. The minimum Gasteiger partial charge on any atom is -0.509 e. The summed E-state index contributed by atoms with van der Waals surface area (Å²) in [6, 6.07) is 0. The Labute approximate surface area is 62.5 Å². The highest BCUT2D eigenvalue weighted by Gasteiger charge is 1.96. The molecule has 0 saturated carbocycles. The van der Waals surface area contributed by atoms with Gasteiger partial charge in [-0.3, -0.25) is 0 Å². The topological polar surface area (TPSA) is 29.5 Å². The van der Waals surface area contributed by atoms with E-state index >= 15 is 0 Å². The van der Waals surface area contributed by atoms with Crippen molar-refractivity contribution in [2.24, 2.45) is 0 Å². The highest BCUT2D eigenvalue weighted by Crippen LogP contribution is 2.05. The molecule has 0 aromatic heterocycles. The smallest absolute Gasteiger partial charge is 0.130 e. The third kappa shape index (κ3) is 3.38. The summed E-state index contributed by atoms with van der Waals surface area (Å²) in [5, 5.41) is 9.11. The molecular weight excluding hydrogens is 128 g/mol. The van der Waals surface area contributed by atoms with E-state index in [0.717, 1.165) is 6.42 Å². The summed E-state index contributed by atoms with van der Waals surface area (Å²) in [4.78, 5) is 0. The van der Waals surface area contributed by atoms with Crippen LogP contribution in [0, 0.1) is 0 Å². The largest absolute Gasteiger partial charge is 0.509 e. The van der Waals surface area contributed by atoms with Crippen LogP contribution in [0.1, 0.15) is 33.6 Å². The van der Waals surface area contributed by atoms with Crippen LogP contribution in [0.2, 0.25) is 0 Å². The van der Waals surface area contributed by atoms with Crippen molar-refractivity contribution < 1.29 is 9.84 Å². The van der Waals surface area contributed by atoms with Crippen LogP contribution in [-0.2, 0) is 4.74 Å². The molecule has 0 aliphatic carbocycles. The fourth-order valence-corrected chi connectivity index (χ4v) is 0.587. The Hall–Kier alpha value is -0.660. The number of hydrogen-bond acceptors (Lipinski definition) is 2. The lowest BCUT2D eigenvalue weighted by Crippen LogP contribution is -1.94. The molecule has 0 atom stereocenters. The van der Waals surface area contributed by atoms with Gasteiger partial charge in [0.15, 0.2) is 0 Å². The van der Waals surface area contributed by atoms with E-state index in [-0.39, 0.29) is 0 Å². The van der Waals surface area contributed by atoms with Gasteiger partial charge in [0.05, 0.1) is 6.61 Å². The van der Waals surface area contributed by atoms with Gasteiger partial charge in [-0.15, -0.1) is 0 Å². The number of rotatable bonds is 4. The minimum absolute atomic E-state index is 0.355. The van der Waals surface area contributed by atoms with Crippen LogP contribution in [-0.4, -0.2) is 11.7 Å². The van der Waals surface area contributed by atoms with Gasteiger partial charge in [0.25, 0.3) is 0 Å². The summed E-state index contributed by atoms with van der Waals surface area (Å²) in [7, 11) is 0. The van der Waals surface area contributed by atoms with Gasteiger partial charge in [0.1, 0.15) is 11.5 Å². The number of allylic oxidation sites excluding steroid dienone is 2. The van der Waals surface area contributed by atoms with Crippen molar-refractivity contribution in [3.63, 3.8) is 0 Å². The first-order chi connectivity index (χ1) is 4.72. The van der Waals surface area contributed by atoms with E-state index in [4.69, 9.17) is 9.84 Å². The molecule has 0 rings (SSSR count). The lowest BCUT2D eigenvalue weighted by molar-refractivity contribution is 0.190. The summed E-state index contributed by atoms with van der Waals surface area (Å²) >= 11 is 0. The molecule has 0 aromatic rings. The summed E-state index contributed by atoms with van der Waals surface area (Å²) in [6.45, 7) is 6.41. The zero-order chi connectivity index (χ0) is 7.98. The van der Waals surface area contributed by atoms with E-state index < -0.39 is 0 Å². The van der Waals surface area contributed by atoms with Crippen molar-refractivity contribution in [3.05, 3.63) is 11.5 Å². The lowest BCUT2D eigenvalue weighted by Gasteiger charge is -2.05. The van der Waals surface area contributed by atoms with E-state index in [1.54, 1.807) is 6.92 Å². The van der Waals surface area contributed by atoms with Crippen LogP contribution < -0.4 is 0 Å². The van der Waals surface area contributed by atoms with Crippen LogP contribution in [0.5, 0.6) is 0 Å². The van der Waals surface area contributed by atoms with E-state index in [9.17, 15) is 0 Å². The molecule has 0 fully saturated rings. The summed E-state index contributed by atoms with van der Waals surface area (Å²) in [6.07, 6.45) is 1.63. The van der Waals surface area contributed by atoms with Gasteiger partial charge in [0, 0.05) is 6.42 Å². The van der Waals surface area contributed by atoms with Gasteiger partial charge in [-0.2, -0.15) is 0 Å². The maximum Gasteiger partial charge on any atom is 0.130 e. The molecule has 0 spiro atoms. The molecule has 0 amide bonds. The van der Waals surface area contributed by atoms with Gasteiger partial charge in [0.2, 0.25) is 0 Å². The van der Waals surface area contributed by atoms with Crippen molar-refractivity contribution in [1.29, 1.82) is 0 Å². The third-order valence-corrected chi connectivity index (χ3v) is 1.26. The average molecular weight is 144 g/mol. The van der Waals surface area contributed by atoms with Gasteiger partial charge in [-0.05, 0) is 13.3 Å². The number of ether oxygens (including phenoxy) is 1. The molecule has 60 valence electrons. The first kappa shape index (κ1) is 9.34. The molecule has 0 heterocycles. The average Bonchev–Trinajstić information content (AvgIpc) is 1.98. The van der Waals surface area contributed by atoms with Crippen molar-refractivity contribution in [2.45, 2.75) is 33.6 Å². The van der Waals surface area contributed by atoms with Crippen molar-refractivity contribution in [1.82, 2.24) is 0 Å². The Morgan fingerprint density at radius 3 is 2.40 bits per heavy atom. The fraction of sp³-hybridized carbons (Fsp3) is 0.750. The van der Waals surface area contributed by atoms with Crippen molar-refractivity contribution in [3.8, 4) is 0 Å². The molecule has 2 heteroatoms. The quantitative estimate of drug-likeness (QED) is 0.614. The Bertz CT molecular complexity index is 116. The van der Waals surface area contributed by atoms with Crippen LogP contribution in [0.25, 0.3) is 0 Å². The Morgan fingerprint density at radius 2 is 2.00 bits per heavy atom. The Kier molecular flexibility index (Phi) is 4.81. The minimum atomic E-state index is 0.355. The molecule has 0 radical (unpaired) electrons. The molecule has 10 heavy (non-hydrogen) atoms. The second-order valence-electron chi connectivity index (χ2n) is 2.20. The second-order valence-corrected chi connectivity index (χ2v) is 2.20. The van der Waals surface area contributed by atoms with Crippen LogP contribution in [0.15, 0.2) is 11.5 Å². The maximum atomic E-state index is 9.11. The molecular formula is C8H16O2. The lowest BCUT2D eigenvalue weighted by atomic mass is 10.3. The van der Waals surface area contributed by atoms with Crippen LogP contribution >= 0.6 is 0 Å². The SMILES string of the molecule is CCCOC(C)=C(O)CC. The highest BCUT2D eigenvalue weighted by atomic mass is 16.5. The van der Waals surface area contributed by atoms with Crippen LogP contribution in [0.3, 0.4) is 0 Å². The number of aliphatic hydroxyl groups is 1. The van der Waals surface area contributed by atoms with E-state index in [0.29, 0.717) is 24.5 Å². The van der Waals surface area contributed by atoms with E-state index in [2.05, 4.69) is 0 Å². The summed E-state index contributed by atoms with van der Waals surface area (Å²) < 4.78 is 5.17. The predicted octanol–water partition coefficient (Wildman–Crippen LogP) is 2.61. The molecule has 0 saturated heterocycles. The predicted molar refractivity (Wildman–Crippen MR) is 41.9 cm³/mol. The van der Waals surface area contributed by atoms with Gasteiger partial charge < -0.3 is 9.84 Å². The second kappa shape index (κ2) is 5.15. The first-order valence-electron chi connectivity index (χ1n) is 3.73. The van der Waals surface area contributed by atoms with E-state index in [1.165, 1.54) is 0 Å². The third-order valence-electron chi connectivity index (χ3n) is 1.26. The Morgan fingerprint density at radius 1 is 1.40 bits per heavy atom. The first-order valence-corrected chi connectivity index (χ1v) is 3.73. The van der Waals surface area contributed by atoms with Crippen molar-refractivity contribution >= 4 is 0 Å². The van der Waals surface area contributed by atoms with Crippen molar-refractivity contribution in [2.75, 3.05) is 6.61 Å². The number of aliphatic hydroxyl groups excluding tert-OH is 1. The maximum absolute atomic E-state index is 9.11. The number of hydrogen-bond donors (Lipinski definition) is 1. The highest BCUT2D eigenvalue weighted by molar-refractivity contribution is 4.95. The molecule has 0 unspecified atom stereocenters. The van der Waals surface area contributed by atoms with Gasteiger partial charge >= 0.3 is 0 Å². The Balaban J connectivity index is 3.68. The summed E-state index contributed by atoms with van der Waals surface area (Å²) in [5.74, 6) is 1.01. The molecule has 0 bridgehead atoms. The normalized spacial score (nSPS) is 12.7. The summed E-state index contributed by atoms with van der Waals surface area (Å²) in [5.41, 5.74) is 0. The zero-order valence-corrected chi connectivity index (χ0v) is 6.98. The van der Waals surface area contributed by atoms with Gasteiger partial charge in [-0.1, -0.05) is 13.8 Å². The fourth-order valence-electron chi connectivity index (χ4n) is 0.587. The molecule has 1 N–H and O–H groups in total. The molecule has 0 aliphatic rings. The van der Waals surface area contributed by atoms with Gasteiger partial charge in [-0.25, -0.2) is 0 Å². The molecule has 0 aromatic carbocycles. The van der Waals surface area contributed by atoms with Crippen LogP contribution in [0.4, 0.5) is 0 Å². The molecule has 2 nitrogen and oxygen atoms in total. The standard InChI is InChI=1S/C8H16O2/c1-4-6-10-7(3)8(9)5-2/h9H,4-6H2,1-3H3. The zero-order valence-electron chi connectivity index (χ0n) is 6.98. The monoisotopic (exact) mass is 144 g/mol.